The normalized spacial score (nSPS) is 12.0. The van der Waals surface area contributed by atoms with Crippen LogP contribution in [0.4, 0.5) is 5.69 Å². The Bertz CT molecular complexity index is 836. The molecule has 0 aliphatic rings. The van der Waals surface area contributed by atoms with Crippen molar-refractivity contribution in [1.29, 1.82) is 0 Å². The molecule has 2 aromatic carbocycles. The van der Waals surface area contributed by atoms with E-state index in [1.165, 1.54) is 5.56 Å². The molecule has 1 atom stereocenters. The van der Waals surface area contributed by atoms with Crippen molar-refractivity contribution in [1.82, 2.24) is 5.32 Å². The first kappa shape index (κ1) is 21.2. The highest BCUT2D eigenvalue weighted by Crippen LogP contribution is 2.25. The maximum Gasteiger partial charge on any atom is 0.265 e. The first-order valence-electron chi connectivity index (χ1n) is 9.28. The molecule has 0 aromatic heterocycles. The molecule has 0 radical (unpaired) electrons. The van der Waals surface area contributed by atoms with Crippen LogP contribution in [0.25, 0.3) is 0 Å². The number of nitrogens with one attached hydrogen (secondary N) is 2. The zero-order valence-electron chi connectivity index (χ0n) is 16.9. The molecule has 0 saturated heterocycles. The number of para-hydroxylation sites is 1. The van der Waals surface area contributed by atoms with E-state index >= 15 is 0 Å². The van der Waals surface area contributed by atoms with Gasteiger partial charge in [0.1, 0.15) is 5.75 Å². The molecule has 148 valence electrons. The van der Waals surface area contributed by atoms with Crippen LogP contribution >= 0.6 is 0 Å². The lowest BCUT2D eigenvalue weighted by Gasteiger charge is -2.20. The molecule has 0 fully saturated rings. The summed E-state index contributed by atoms with van der Waals surface area (Å²) in [4.78, 5) is 24.8. The summed E-state index contributed by atoms with van der Waals surface area (Å²) in [7, 11) is 0. The van der Waals surface area contributed by atoms with Crippen LogP contribution in [0.1, 0.15) is 43.6 Å². The minimum absolute atomic E-state index is 0.0530. The molecule has 0 aliphatic heterocycles. The molecule has 2 amide bonds. The third kappa shape index (κ3) is 5.71. The van der Waals surface area contributed by atoms with Gasteiger partial charge in [0, 0.05) is 6.54 Å². The lowest BCUT2D eigenvalue weighted by Crippen LogP contribution is -2.31. The van der Waals surface area contributed by atoms with Gasteiger partial charge in [-0.2, -0.15) is 0 Å². The Morgan fingerprint density at radius 1 is 1.11 bits per heavy atom. The Balaban J connectivity index is 2.05. The topological polar surface area (TPSA) is 67.4 Å². The van der Waals surface area contributed by atoms with Crippen LogP contribution in [0.3, 0.4) is 0 Å². The van der Waals surface area contributed by atoms with Crippen molar-refractivity contribution in [3.05, 3.63) is 72.3 Å². The molecule has 0 saturated carbocycles. The maximum absolute atomic E-state index is 12.5. The fourth-order valence-corrected chi connectivity index (χ4v) is 2.58. The number of carbonyl (C=O) groups is 2. The Hall–Kier alpha value is -3.08. The van der Waals surface area contributed by atoms with E-state index in [2.05, 4.69) is 38.0 Å². The molecular formula is C23H28N2O3. The Morgan fingerprint density at radius 2 is 1.75 bits per heavy atom. The van der Waals surface area contributed by atoms with Crippen molar-refractivity contribution in [2.75, 3.05) is 11.9 Å². The van der Waals surface area contributed by atoms with Crippen LogP contribution < -0.4 is 15.4 Å². The fourth-order valence-electron chi connectivity index (χ4n) is 2.58. The molecule has 0 aliphatic carbocycles. The van der Waals surface area contributed by atoms with E-state index in [-0.39, 0.29) is 17.2 Å². The molecule has 5 heteroatoms. The quantitative estimate of drug-likeness (QED) is 0.704. The standard InChI is InChI=1S/C23H28N2O3/c1-6-15-24-22(27)19-9-7-8-10-20(19)25-21(26)16(2)28-18-13-11-17(12-14-18)23(3,4)5/h6-14,16H,1,15H2,2-5H3,(H,24,27)(H,25,26)/t16-/m0/s1. The minimum Gasteiger partial charge on any atom is -0.481 e. The van der Waals surface area contributed by atoms with Crippen molar-refractivity contribution < 1.29 is 14.3 Å². The number of benzene rings is 2. The predicted molar refractivity (Wildman–Crippen MR) is 113 cm³/mol. The van der Waals surface area contributed by atoms with Gasteiger partial charge in [-0.15, -0.1) is 6.58 Å². The highest BCUT2D eigenvalue weighted by Gasteiger charge is 2.19. The van der Waals surface area contributed by atoms with E-state index in [0.717, 1.165) is 0 Å². The molecule has 2 aromatic rings. The van der Waals surface area contributed by atoms with Gasteiger partial charge < -0.3 is 15.4 Å². The fraction of sp³-hybridized carbons (Fsp3) is 0.304. The minimum atomic E-state index is -0.718. The third-order valence-corrected chi connectivity index (χ3v) is 4.24. The molecule has 0 heterocycles. The number of hydrogen-bond acceptors (Lipinski definition) is 3. The van der Waals surface area contributed by atoms with Crippen molar-refractivity contribution in [2.45, 2.75) is 39.2 Å². The van der Waals surface area contributed by atoms with Crippen LogP contribution in [0, 0.1) is 0 Å². The lowest BCUT2D eigenvalue weighted by atomic mass is 9.87. The van der Waals surface area contributed by atoms with Crippen LogP contribution in [0.5, 0.6) is 5.75 Å². The highest BCUT2D eigenvalue weighted by molar-refractivity contribution is 6.04. The lowest BCUT2D eigenvalue weighted by molar-refractivity contribution is -0.122. The van der Waals surface area contributed by atoms with Crippen molar-refractivity contribution in [2.24, 2.45) is 0 Å². The summed E-state index contributed by atoms with van der Waals surface area (Å²) in [5.74, 6) is 0.0127. The smallest absolute Gasteiger partial charge is 0.265 e. The highest BCUT2D eigenvalue weighted by atomic mass is 16.5. The number of carbonyl (C=O) groups excluding carboxylic acids is 2. The predicted octanol–water partition coefficient (Wildman–Crippen LogP) is 4.31. The van der Waals surface area contributed by atoms with E-state index in [4.69, 9.17) is 4.74 Å². The number of amides is 2. The summed E-state index contributed by atoms with van der Waals surface area (Å²) >= 11 is 0. The maximum atomic E-state index is 12.5. The van der Waals surface area contributed by atoms with Gasteiger partial charge in [-0.1, -0.05) is 51.1 Å². The molecule has 0 spiro atoms. The molecule has 2 N–H and O–H groups in total. The number of anilines is 1. The Morgan fingerprint density at radius 3 is 2.36 bits per heavy atom. The van der Waals surface area contributed by atoms with Gasteiger partial charge in [-0.3, -0.25) is 9.59 Å². The zero-order valence-corrected chi connectivity index (χ0v) is 16.9. The average Bonchev–Trinajstić information content (AvgIpc) is 2.66. The summed E-state index contributed by atoms with van der Waals surface area (Å²) < 4.78 is 5.76. The van der Waals surface area contributed by atoms with Crippen LogP contribution in [-0.4, -0.2) is 24.5 Å². The van der Waals surface area contributed by atoms with Gasteiger partial charge in [-0.05, 0) is 42.2 Å². The number of hydrogen-bond donors (Lipinski definition) is 2. The molecule has 28 heavy (non-hydrogen) atoms. The second kappa shape index (κ2) is 9.22. The molecule has 2 rings (SSSR count). The summed E-state index contributed by atoms with van der Waals surface area (Å²) in [6.07, 6.45) is 0.879. The largest absolute Gasteiger partial charge is 0.481 e. The summed E-state index contributed by atoms with van der Waals surface area (Å²) in [6, 6.07) is 14.6. The Kier molecular flexibility index (Phi) is 6.99. The summed E-state index contributed by atoms with van der Waals surface area (Å²) in [5.41, 5.74) is 2.07. The second-order valence-electron chi connectivity index (χ2n) is 7.57. The number of rotatable bonds is 7. The third-order valence-electron chi connectivity index (χ3n) is 4.24. The van der Waals surface area contributed by atoms with Gasteiger partial charge in [0.05, 0.1) is 11.3 Å². The van der Waals surface area contributed by atoms with E-state index in [1.54, 1.807) is 37.3 Å². The van der Waals surface area contributed by atoms with Gasteiger partial charge in [0.25, 0.3) is 11.8 Å². The molecular weight excluding hydrogens is 352 g/mol. The van der Waals surface area contributed by atoms with E-state index < -0.39 is 6.10 Å². The van der Waals surface area contributed by atoms with Crippen molar-refractivity contribution in [3.8, 4) is 5.75 Å². The monoisotopic (exact) mass is 380 g/mol. The van der Waals surface area contributed by atoms with Gasteiger partial charge in [0.2, 0.25) is 0 Å². The Labute approximate surface area is 166 Å². The zero-order chi connectivity index (χ0) is 20.7. The van der Waals surface area contributed by atoms with Crippen LogP contribution in [0.15, 0.2) is 61.2 Å². The van der Waals surface area contributed by atoms with Crippen LogP contribution in [-0.2, 0) is 10.2 Å². The second-order valence-corrected chi connectivity index (χ2v) is 7.57. The first-order valence-corrected chi connectivity index (χ1v) is 9.28. The summed E-state index contributed by atoms with van der Waals surface area (Å²) in [6.45, 7) is 12.0. The van der Waals surface area contributed by atoms with Crippen LogP contribution in [0.2, 0.25) is 0 Å². The SMILES string of the molecule is C=CCNC(=O)c1ccccc1NC(=O)[C@H](C)Oc1ccc(C(C)(C)C)cc1. The molecule has 0 bridgehead atoms. The van der Waals surface area contributed by atoms with Gasteiger partial charge in [0.15, 0.2) is 6.10 Å². The van der Waals surface area contributed by atoms with Crippen molar-refractivity contribution in [3.63, 3.8) is 0 Å². The summed E-state index contributed by atoms with van der Waals surface area (Å²) in [5, 5.41) is 5.48. The van der Waals surface area contributed by atoms with E-state index in [9.17, 15) is 9.59 Å². The van der Waals surface area contributed by atoms with Crippen molar-refractivity contribution >= 4 is 17.5 Å². The van der Waals surface area contributed by atoms with E-state index in [0.29, 0.717) is 23.5 Å². The van der Waals surface area contributed by atoms with E-state index in [1.807, 2.05) is 24.3 Å². The molecule has 0 unspecified atom stereocenters. The average molecular weight is 380 g/mol. The number of ether oxygens (including phenoxy) is 1. The first-order chi connectivity index (χ1) is 13.2. The van der Waals surface area contributed by atoms with Gasteiger partial charge in [-0.25, -0.2) is 0 Å². The van der Waals surface area contributed by atoms with Gasteiger partial charge >= 0.3 is 0 Å². The molecule has 5 nitrogen and oxygen atoms in total.